The summed E-state index contributed by atoms with van der Waals surface area (Å²) < 4.78 is 16.8. The summed E-state index contributed by atoms with van der Waals surface area (Å²) >= 11 is 0. The third kappa shape index (κ3) is 3.31. The van der Waals surface area contributed by atoms with Gasteiger partial charge in [0.15, 0.2) is 5.79 Å². The maximum Gasteiger partial charge on any atom is 0.163 e. The van der Waals surface area contributed by atoms with Crippen molar-refractivity contribution in [1.29, 1.82) is 0 Å². The van der Waals surface area contributed by atoms with Gasteiger partial charge < -0.3 is 19.2 Å². The molecule has 0 bridgehead atoms. The monoisotopic (exact) mass is 239 g/mol. The molecule has 1 saturated heterocycles. The second kappa shape index (κ2) is 4.80. The third-order valence-corrected chi connectivity index (χ3v) is 2.91. The van der Waals surface area contributed by atoms with E-state index in [0.717, 1.165) is 18.1 Å². The molecule has 0 saturated carbocycles. The Morgan fingerprint density at radius 1 is 1.47 bits per heavy atom. The van der Waals surface area contributed by atoms with Crippen molar-refractivity contribution in [3.8, 4) is 0 Å². The average Bonchev–Trinajstić information content (AvgIpc) is 2.81. The maximum atomic E-state index is 5.72. The van der Waals surface area contributed by atoms with E-state index in [9.17, 15) is 0 Å². The molecule has 1 fully saturated rings. The van der Waals surface area contributed by atoms with Crippen molar-refractivity contribution in [2.75, 3.05) is 13.2 Å². The number of hydrogen-bond donors (Lipinski definition) is 1. The van der Waals surface area contributed by atoms with Gasteiger partial charge in [0, 0.05) is 6.54 Å². The standard InChI is InChI=1S/C13H21NO3/c1-9-5-6-12(16-9)10(2)14-7-11-8-15-13(3,4)17-11/h5-6,10-11,14H,7-8H2,1-4H3. The van der Waals surface area contributed by atoms with Crippen molar-refractivity contribution in [3.63, 3.8) is 0 Å². The molecule has 4 nitrogen and oxygen atoms in total. The topological polar surface area (TPSA) is 43.6 Å². The lowest BCUT2D eigenvalue weighted by molar-refractivity contribution is -0.137. The van der Waals surface area contributed by atoms with Crippen LogP contribution in [0.2, 0.25) is 0 Å². The fourth-order valence-electron chi connectivity index (χ4n) is 1.96. The highest BCUT2D eigenvalue weighted by Gasteiger charge is 2.32. The van der Waals surface area contributed by atoms with Crippen LogP contribution in [-0.4, -0.2) is 25.0 Å². The minimum absolute atomic E-state index is 0.114. The molecule has 96 valence electrons. The molecule has 1 aliphatic rings. The van der Waals surface area contributed by atoms with Crippen LogP contribution in [0.3, 0.4) is 0 Å². The smallest absolute Gasteiger partial charge is 0.163 e. The summed E-state index contributed by atoms with van der Waals surface area (Å²) in [5.74, 6) is 1.45. The molecule has 1 aromatic rings. The molecular weight excluding hydrogens is 218 g/mol. The van der Waals surface area contributed by atoms with Gasteiger partial charge in [0.2, 0.25) is 0 Å². The summed E-state index contributed by atoms with van der Waals surface area (Å²) in [6.07, 6.45) is 0.114. The number of hydrogen-bond acceptors (Lipinski definition) is 4. The molecule has 2 unspecified atom stereocenters. The molecule has 1 aliphatic heterocycles. The highest BCUT2D eigenvalue weighted by molar-refractivity contribution is 5.08. The lowest BCUT2D eigenvalue weighted by Crippen LogP contribution is -2.32. The van der Waals surface area contributed by atoms with Crippen LogP contribution >= 0.6 is 0 Å². The van der Waals surface area contributed by atoms with Gasteiger partial charge in [-0.05, 0) is 39.8 Å². The van der Waals surface area contributed by atoms with Gasteiger partial charge in [0.25, 0.3) is 0 Å². The molecular formula is C13H21NO3. The SMILES string of the molecule is Cc1ccc(C(C)NCC2COC(C)(C)O2)o1. The largest absolute Gasteiger partial charge is 0.465 e. The fraction of sp³-hybridized carbons (Fsp3) is 0.692. The second-order valence-electron chi connectivity index (χ2n) is 5.03. The molecule has 0 radical (unpaired) electrons. The Kier molecular flexibility index (Phi) is 3.56. The van der Waals surface area contributed by atoms with E-state index in [-0.39, 0.29) is 12.1 Å². The van der Waals surface area contributed by atoms with Crippen LogP contribution in [0.4, 0.5) is 0 Å². The quantitative estimate of drug-likeness (QED) is 0.876. The second-order valence-corrected chi connectivity index (χ2v) is 5.03. The van der Waals surface area contributed by atoms with Crippen molar-refractivity contribution in [2.24, 2.45) is 0 Å². The predicted molar refractivity (Wildman–Crippen MR) is 64.8 cm³/mol. The van der Waals surface area contributed by atoms with Gasteiger partial charge in [-0.3, -0.25) is 0 Å². The third-order valence-electron chi connectivity index (χ3n) is 2.91. The first kappa shape index (κ1) is 12.6. The van der Waals surface area contributed by atoms with Gasteiger partial charge in [0.05, 0.1) is 18.8 Å². The first-order valence-corrected chi connectivity index (χ1v) is 6.08. The first-order chi connectivity index (χ1) is 7.96. The molecule has 0 spiro atoms. The van der Waals surface area contributed by atoms with Gasteiger partial charge >= 0.3 is 0 Å². The van der Waals surface area contributed by atoms with Crippen LogP contribution < -0.4 is 5.32 Å². The number of ether oxygens (including phenoxy) is 2. The maximum absolute atomic E-state index is 5.72. The zero-order chi connectivity index (χ0) is 12.5. The Bertz CT molecular complexity index is 372. The van der Waals surface area contributed by atoms with E-state index >= 15 is 0 Å². The zero-order valence-corrected chi connectivity index (χ0v) is 10.9. The number of furan rings is 1. The van der Waals surface area contributed by atoms with Gasteiger partial charge in [-0.1, -0.05) is 0 Å². The number of aryl methyl sites for hydroxylation is 1. The Morgan fingerprint density at radius 2 is 2.24 bits per heavy atom. The highest BCUT2D eigenvalue weighted by atomic mass is 16.7. The molecule has 2 heterocycles. The summed E-state index contributed by atoms with van der Waals surface area (Å²) in [4.78, 5) is 0. The molecule has 0 amide bonds. The average molecular weight is 239 g/mol. The van der Waals surface area contributed by atoms with Crippen molar-refractivity contribution >= 4 is 0 Å². The van der Waals surface area contributed by atoms with Gasteiger partial charge in [-0.25, -0.2) is 0 Å². The van der Waals surface area contributed by atoms with Gasteiger partial charge in [0.1, 0.15) is 11.5 Å². The van der Waals surface area contributed by atoms with E-state index in [2.05, 4.69) is 12.2 Å². The summed E-state index contributed by atoms with van der Waals surface area (Å²) in [6, 6.07) is 4.17. The van der Waals surface area contributed by atoms with Crippen LogP contribution in [0.25, 0.3) is 0 Å². The normalized spacial score (nSPS) is 25.1. The summed E-state index contributed by atoms with van der Waals surface area (Å²) in [7, 11) is 0. The van der Waals surface area contributed by atoms with Crippen molar-refractivity contribution < 1.29 is 13.9 Å². The fourth-order valence-corrected chi connectivity index (χ4v) is 1.96. The number of rotatable bonds is 4. The van der Waals surface area contributed by atoms with Gasteiger partial charge in [-0.15, -0.1) is 0 Å². The van der Waals surface area contributed by atoms with E-state index < -0.39 is 5.79 Å². The van der Waals surface area contributed by atoms with Crippen LogP contribution in [0.5, 0.6) is 0 Å². The Balaban J connectivity index is 1.79. The summed E-state index contributed by atoms with van der Waals surface area (Å²) in [6.45, 7) is 9.32. The summed E-state index contributed by atoms with van der Waals surface area (Å²) in [5, 5.41) is 3.39. The van der Waals surface area contributed by atoms with Crippen LogP contribution in [0.1, 0.15) is 38.3 Å². The molecule has 17 heavy (non-hydrogen) atoms. The molecule has 0 aromatic carbocycles. The van der Waals surface area contributed by atoms with Crippen LogP contribution in [0, 0.1) is 6.92 Å². The molecule has 4 heteroatoms. The first-order valence-electron chi connectivity index (χ1n) is 6.08. The Labute approximate surface area is 102 Å². The lowest BCUT2D eigenvalue weighted by Gasteiger charge is -2.18. The molecule has 0 aliphatic carbocycles. The van der Waals surface area contributed by atoms with Gasteiger partial charge in [-0.2, -0.15) is 0 Å². The minimum Gasteiger partial charge on any atom is -0.465 e. The summed E-state index contributed by atoms with van der Waals surface area (Å²) in [5.41, 5.74) is 0. The van der Waals surface area contributed by atoms with Crippen LogP contribution in [0.15, 0.2) is 16.5 Å². The van der Waals surface area contributed by atoms with E-state index in [1.807, 2.05) is 32.9 Å². The van der Waals surface area contributed by atoms with E-state index in [0.29, 0.717) is 6.61 Å². The number of nitrogens with one attached hydrogen (secondary N) is 1. The highest BCUT2D eigenvalue weighted by Crippen LogP contribution is 2.22. The molecule has 2 atom stereocenters. The van der Waals surface area contributed by atoms with Crippen LogP contribution in [-0.2, 0) is 9.47 Å². The Morgan fingerprint density at radius 3 is 2.76 bits per heavy atom. The lowest BCUT2D eigenvalue weighted by atomic mass is 10.2. The Hall–Kier alpha value is -0.840. The minimum atomic E-state index is -0.448. The molecule has 1 N–H and O–H groups in total. The molecule has 2 rings (SSSR count). The predicted octanol–water partition coefficient (Wildman–Crippen LogP) is 2.39. The van der Waals surface area contributed by atoms with Crippen molar-refractivity contribution in [1.82, 2.24) is 5.32 Å². The van der Waals surface area contributed by atoms with E-state index in [4.69, 9.17) is 13.9 Å². The zero-order valence-electron chi connectivity index (χ0n) is 10.9. The van der Waals surface area contributed by atoms with E-state index in [1.165, 1.54) is 0 Å². The van der Waals surface area contributed by atoms with E-state index in [1.54, 1.807) is 0 Å². The van der Waals surface area contributed by atoms with Crippen molar-refractivity contribution in [3.05, 3.63) is 23.7 Å². The van der Waals surface area contributed by atoms with Crippen molar-refractivity contribution in [2.45, 2.75) is 45.6 Å². The molecule has 1 aromatic heterocycles.